The van der Waals surface area contributed by atoms with Crippen molar-refractivity contribution in [2.45, 2.75) is 129 Å². The van der Waals surface area contributed by atoms with E-state index in [9.17, 15) is 4.79 Å². The molecule has 0 unspecified atom stereocenters. The van der Waals surface area contributed by atoms with Gasteiger partial charge in [0.25, 0.3) is 0 Å². The Bertz CT molecular complexity index is 939. The van der Waals surface area contributed by atoms with E-state index in [2.05, 4.69) is 13.8 Å². The van der Waals surface area contributed by atoms with Gasteiger partial charge in [-0.2, -0.15) is 0 Å². The third kappa shape index (κ3) is 8.64. The van der Waals surface area contributed by atoms with Crippen LogP contribution in [0.4, 0.5) is 0 Å². The molecule has 0 saturated heterocycles. The average molecular weight is 519 g/mol. The van der Waals surface area contributed by atoms with Gasteiger partial charge in [-0.3, -0.25) is 4.79 Å². The molecule has 0 amide bonds. The fraction of sp³-hybridized carbons (Fsp3) is 0.676. The zero-order valence-electron chi connectivity index (χ0n) is 24.0. The van der Waals surface area contributed by atoms with Crippen molar-refractivity contribution in [2.24, 2.45) is 17.8 Å². The minimum absolute atomic E-state index is 0.0456. The number of esters is 1. The molecular formula is C34H50N2O2. The molecule has 0 atom stereocenters. The molecule has 1 heterocycles. The minimum atomic E-state index is -0.0741. The van der Waals surface area contributed by atoms with Crippen molar-refractivity contribution >= 4 is 5.97 Å². The van der Waals surface area contributed by atoms with Crippen molar-refractivity contribution in [3.63, 3.8) is 0 Å². The van der Waals surface area contributed by atoms with Gasteiger partial charge >= 0.3 is 5.97 Å². The first-order chi connectivity index (χ1) is 18.7. The van der Waals surface area contributed by atoms with Gasteiger partial charge in [-0.15, -0.1) is 0 Å². The number of carbonyl (C=O) groups is 1. The molecule has 0 spiro atoms. The van der Waals surface area contributed by atoms with Crippen LogP contribution >= 0.6 is 0 Å². The molecule has 0 aliphatic heterocycles. The Morgan fingerprint density at radius 3 is 2.00 bits per heavy atom. The van der Waals surface area contributed by atoms with Crippen LogP contribution in [0.3, 0.4) is 0 Å². The second kappa shape index (κ2) is 15.4. The standard InChI is InChI=1S/C34H50N2O2/c1-3-5-6-7-8-9-11-27-12-16-28(17-13-27)31-24-35-33(36-25-31)29-20-22-32(23-21-29)38-34(37)30-18-14-26(10-4-2)15-19-30/h20-28,30H,3-19H2,1-2H3/t26-,27-,28-,30-. The first kappa shape index (κ1) is 28.8. The highest BCUT2D eigenvalue weighted by molar-refractivity contribution is 5.75. The summed E-state index contributed by atoms with van der Waals surface area (Å²) < 4.78 is 5.71. The number of hydrogen-bond acceptors (Lipinski definition) is 4. The van der Waals surface area contributed by atoms with Crippen LogP contribution in [0.5, 0.6) is 5.75 Å². The average Bonchev–Trinajstić information content (AvgIpc) is 2.96. The molecule has 4 nitrogen and oxygen atoms in total. The summed E-state index contributed by atoms with van der Waals surface area (Å²) >= 11 is 0. The predicted octanol–water partition coefficient (Wildman–Crippen LogP) is 9.68. The van der Waals surface area contributed by atoms with Crippen molar-refractivity contribution in [3.8, 4) is 17.1 Å². The van der Waals surface area contributed by atoms with Gasteiger partial charge in [-0.05, 0) is 98.9 Å². The summed E-state index contributed by atoms with van der Waals surface area (Å²) in [6.07, 6.45) is 25.8. The lowest BCUT2D eigenvalue weighted by Gasteiger charge is -2.28. The van der Waals surface area contributed by atoms with Crippen LogP contribution in [0.1, 0.15) is 134 Å². The zero-order chi connectivity index (χ0) is 26.6. The number of nitrogens with zero attached hydrogens (tertiary/aromatic N) is 2. The van der Waals surface area contributed by atoms with Crippen molar-refractivity contribution in [1.29, 1.82) is 0 Å². The molecule has 2 aliphatic rings. The maximum absolute atomic E-state index is 12.6. The molecule has 0 radical (unpaired) electrons. The van der Waals surface area contributed by atoms with Crippen LogP contribution in [-0.4, -0.2) is 15.9 Å². The number of aromatic nitrogens is 2. The fourth-order valence-electron chi connectivity index (χ4n) is 6.66. The molecule has 2 aromatic rings. The van der Waals surface area contributed by atoms with E-state index in [1.165, 1.54) is 89.0 Å². The second-order valence-corrected chi connectivity index (χ2v) is 12.1. The normalized spacial score (nSPS) is 23.7. The van der Waals surface area contributed by atoms with E-state index in [1.807, 2.05) is 36.7 Å². The summed E-state index contributed by atoms with van der Waals surface area (Å²) in [5, 5.41) is 0. The molecule has 0 N–H and O–H groups in total. The largest absolute Gasteiger partial charge is 0.426 e. The maximum atomic E-state index is 12.6. The van der Waals surface area contributed by atoms with E-state index < -0.39 is 0 Å². The molecule has 4 rings (SSSR count). The fourth-order valence-corrected chi connectivity index (χ4v) is 6.66. The molecular weight excluding hydrogens is 468 g/mol. The Morgan fingerprint density at radius 2 is 1.34 bits per heavy atom. The Hall–Kier alpha value is -2.23. The number of hydrogen-bond donors (Lipinski definition) is 0. The third-order valence-corrected chi connectivity index (χ3v) is 9.16. The Morgan fingerprint density at radius 1 is 0.737 bits per heavy atom. The van der Waals surface area contributed by atoms with Gasteiger partial charge in [0.1, 0.15) is 5.75 Å². The van der Waals surface area contributed by atoms with Gasteiger partial charge in [-0.25, -0.2) is 9.97 Å². The molecule has 2 saturated carbocycles. The second-order valence-electron chi connectivity index (χ2n) is 12.1. The number of benzene rings is 1. The smallest absolute Gasteiger partial charge is 0.314 e. The monoisotopic (exact) mass is 518 g/mol. The Balaban J connectivity index is 1.20. The number of carbonyl (C=O) groups excluding carboxylic acids is 1. The lowest BCUT2D eigenvalue weighted by atomic mass is 9.77. The summed E-state index contributed by atoms with van der Waals surface area (Å²) in [4.78, 5) is 22.0. The van der Waals surface area contributed by atoms with Crippen LogP contribution in [0.25, 0.3) is 11.4 Å². The van der Waals surface area contributed by atoms with Crippen molar-refractivity contribution in [1.82, 2.24) is 9.97 Å². The van der Waals surface area contributed by atoms with Gasteiger partial charge in [0, 0.05) is 18.0 Å². The summed E-state index contributed by atoms with van der Waals surface area (Å²) in [6, 6.07) is 7.67. The van der Waals surface area contributed by atoms with Crippen molar-refractivity contribution < 1.29 is 9.53 Å². The molecule has 0 bridgehead atoms. The molecule has 1 aromatic heterocycles. The van der Waals surface area contributed by atoms with E-state index in [0.29, 0.717) is 11.7 Å². The van der Waals surface area contributed by atoms with Gasteiger partial charge in [0.2, 0.25) is 0 Å². The van der Waals surface area contributed by atoms with Crippen LogP contribution in [0.15, 0.2) is 36.7 Å². The van der Waals surface area contributed by atoms with Crippen LogP contribution in [-0.2, 0) is 4.79 Å². The highest BCUT2D eigenvalue weighted by atomic mass is 16.5. The summed E-state index contributed by atoms with van der Waals surface area (Å²) in [5.41, 5.74) is 2.24. The van der Waals surface area contributed by atoms with E-state index in [-0.39, 0.29) is 11.9 Å². The Labute approximate surface area is 231 Å². The highest BCUT2D eigenvalue weighted by Crippen LogP contribution is 2.38. The van der Waals surface area contributed by atoms with Crippen LogP contribution in [0.2, 0.25) is 0 Å². The molecule has 4 heteroatoms. The first-order valence-corrected chi connectivity index (χ1v) is 15.8. The maximum Gasteiger partial charge on any atom is 0.314 e. The number of unbranched alkanes of at least 4 members (excludes halogenated alkanes) is 5. The van der Waals surface area contributed by atoms with Gasteiger partial charge in [0.05, 0.1) is 5.92 Å². The molecule has 2 fully saturated rings. The molecule has 38 heavy (non-hydrogen) atoms. The summed E-state index contributed by atoms with van der Waals surface area (Å²) in [6.45, 7) is 4.53. The minimum Gasteiger partial charge on any atom is -0.426 e. The van der Waals surface area contributed by atoms with Crippen molar-refractivity contribution in [3.05, 3.63) is 42.2 Å². The highest BCUT2D eigenvalue weighted by Gasteiger charge is 2.27. The Kier molecular flexibility index (Phi) is 11.6. The topological polar surface area (TPSA) is 52.1 Å². The lowest BCUT2D eigenvalue weighted by molar-refractivity contribution is -0.140. The number of rotatable bonds is 13. The molecule has 1 aromatic carbocycles. The lowest BCUT2D eigenvalue weighted by Crippen LogP contribution is -2.25. The van der Waals surface area contributed by atoms with Gasteiger partial charge in [0.15, 0.2) is 5.82 Å². The summed E-state index contributed by atoms with van der Waals surface area (Å²) in [5.74, 6) is 3.63. The molecule has 208 valence electrons. The quantitative estimate of drug-likeness (QED) is 0.150. The van der Waals surface area contributed by atoms with Gasteiger partial charge < -0.3 is 4.74 Å². The SMILES string of the molecule is CCCCCCCC[C@H]1CC[C@H](c2cnc(-c3ccc(OC(=O)[C@H]4CC[C@H](CCC)CC4)cc3)nc2)CC1. The summed E-state index contributed by atoms with van der Waals surface area (Å²) in [7, 11) is 0. The third-order valence-electron chi connectivity index (χ3n) is 9.16. The van der Waals surface area contributed by atoms with E-state index in [4.69, 9.17) is 14.7 Å². The van der Waals surface area contributed by atoms with E-state index in [0.717, 1.165) is 48.9 Å². The van der Waals surface area contributed by atoms with Gasteiger partial charge in [-0.1, -0.05) is 71.6 Å². The molecule has 2 aliphatic carbocycles. The van der Waals surface area contributed by atoms with Crippen LogP contribution < -0.4 is 4.74 Å². The van der Waals surface area contributed by atoms with Crippen LogP contribution in [0, 0.1) is 17.8 Å². The van der Waals surface area contributed by atoms with Crippen molar-refractivity contribution in [2.75, 3.05) is 0 Å². The predicted molar refractivity (Wildman–Crippen MR) is 156 cm³/mol. The van der Waals surface area contributed by atoms with E-state index >= 15 is 0 Å². The number of ether oxygens (including phenoxy) is 1. The zero-order valence-corrected chi connectivity index (χ0v) is 24.0. The first-order valence-electron chi connectivity index (χ1n) is 15.8. The van der Waals surface area contributed by atoms with E-state index in [1.54, 1.807) is 0 Å².